The highest BCUT2D eigenvalue weighted by Gasteiger charge is 2.32. The van der Waals surface area contributed by atoms with Crippen molar-refractivity contribution in [3.05, 3.63) is 0 Å². The lowest BCUT2D eigenvalue weighted by atomic mass is 9.79. The Morgan fingerprint density at radius 2 is 1.82 bits per heavy atom. The summed E-state index contributed by atoms with van der Waals surface area (Å²) in [7, 11) is -0.520. The quantitative estimate of drug-likeness (QED) is 0.501. The second-order valence-corrected chi connectivity index (χ2v) is 4.69. The van der Waals surface area contributed by atoms with E-state index in [1.807, 2.05) is 6.92 Å². The van der Waals surface area contributed by atoms with Crippen molar-refractivity contribution in [2.45, 2.75) is 65.6 Å². The predicted molar refractivity (Wildman–Crippen MR) is 72.1 cm³/mol. The summed E-state index contributed by atoms with van der Waals surface area (Å²) in [6.45, 7) is 10.3. The van der Waals surface area contributed by atoms with E-state index >= 15 is 0 Å². The normalized spacial score (nSPS) is 12.6. The molecule has 0 N–H and O–H groups in total. The number of hydrogen-bond acceptors (Lipinski definition) is 3. The van der Waals surface area contributed by atoms with Gasteiger partial charge in [-0.2, -0.15) is 0 Å². The van der Waals surface area contributed by atoms with Crippen LogP contribution in [0.25, 0.3) is 0 Å². The largest absolute Gasteiger partial charge is 0.504 e. The molecule has 1 unspecified atom stereocenters. The molecular weight excluding hydrogens is 211 g/mol. The van der Waals surface area contributed by atoms with Crippen molar-refractivity contribution in [2.24, 2.45) is 0 Å². The Balaban J connectivity index is 4.70. The van der Waals surface area contributed by atoms with Crippen LogP contribution in [0.2, 0.25) is 0 Å². The Bertz CT molecular complexity index is 283. The van der Waals surface area contributed by atoms with Crippen molar-refractivity contribution in [1.29, 1.82) is 5.26 Å². The van der Waals surface area contributed by atoms with Gasteiger partial charge >= 0.3 is 7.05 Å². The molecule has 0 heterocycles. The van der Waals surface area contributed by atoms with Gasteiger partial charge in [0.1, 0.15) is 0 Å². The molecule has 0 fully saturated rings. The highest BCUT2D eigenvalue weighted by atomic mass is 16.5. The van der Waals surface area contributed by atoms with E-state index in [0.717, 1.165) is 6.42 Å². The summed E-state index contributed by atoms with van der Waals surface area (Å²) in [5, 5.41) is 9.24. The molecule has 0 aromatic carbocycles. The van der Waals surface area contributed by atoms with Crippen LogP contribution >= 0.6 is 0 Å². The molecule has 1 atom stereocenters. The van der Waals surface area contributed by atoms with Gasteiger partial charge in [-0.25, -0.2) is 5.26 Å². The summed E-state index contributed by atoms with van der Waals surface area (Å²) in [6.07, 6.45) is 6.63. The van der Waals surface area contributed by atoms with Crippen molar-refractivity contribution < 1.29 is 4.65 Å². The second-order valence-electron chi connectivity index (χ2n) is 4.69. The standard InChI is InChI=1S/C13H23BN2O/c1-7-9-13(8-2)17-14(10-15)16(11(3)4)12(5)6/h1,11-13H,8-9H2,2-6H3. The summed E-state index contributed by atoms with van der Waals surface area (Å²) in [6, 6.07) is 0.533. The first kappa shape index (κ1) is 16.0. The molecule has 17 heavy (non-hydrogen) atoms. The lowest BCUT2D eigenvalue weighted by Gasteiger charge is -2.33. The number of rotatable bonds is 7. The molecule has 0 bridgehead atoms. The van der Waals surface area contributed by atoms with E-state index in [2.05, 4.69) is 44.4 Å². The van der Waals surface area contributed by atoms with Gasteiger partial charge in [0.15, 0.2) is 0 Å². The van der Waals surface area contributed by atoms with Crippen LogP contribution in [-0.2, 0) is 4.65 Å². The maximum absolute atomic E-state index is 9.24. The highest BCUT2D eigenvalue weighted by Crippen LogP contribution is 2.13. The molecule has 4 heteroatoms. The topological polar surface area (TPSA) is 36.3 Å². The maximum atomic E-state index is 9.24. The summed E-state index contributed by atoms with van der Waals surface area (Å²) >= 11 is 0. The van der Waals surface area contributed by atoms with Crippen LogP contribution in [0.15, 0.2) is 0 Å². The lowest BCUT2D eigenvalue weighted by molar-refractivity contribution is 0.157. The molecule has 0 saturated heterocycles. The molecule has 0 aliphatic heterocycles. The molecule has 0 amide bonds. The number of nitrogens with zero attached hydrogens (tertiary/aromatic N) is 2. The Kier molecular flexibility index (Phi) is 7.71. The molecule has 0 aromatic heterocycles. The Labute approximate surface area is 106 Å². The minimum absolute atomic E-state index is 0.0374. The Morgan fingerprint density at radius 3 is 2.12 bits per heavy atom. The van der Waals surface area contributed by atoms with Gasteiger partial charge in [-0.3, -0.25) is 4.81 Å². The van der Waals surface area contributed by atoms with E-state index < -0.39 is 7.05 Å². The molecule has 94 valence electrons. The van der Waals surface area contributed by atoms with Crippen LogP contribution in [0.4, 0.5) is 0 Å². The van der Waals surface area contributed by atoms with Crippen molar-refractivity contribution >= 4 is 7.05 Å². The van der Waals surface area contributed by atoms with Gasteiger partial charge in [-0.05, 0) is 18.5 Å². The fourth-order valence-electron chi connectivity index (χ4n) is 1.91. The minimum Gasteiger partial charge on any atom is -0.406 e. The van der Waals surface area contributed by atoms with E-state index in [-0.39, 0.29) is 18.2 Å². The van der Waals surface area contributed by atoms with Gasteiger partial charge in [-0.15, -0.1) is 12.3 Å². The predicted octanol–water partition coefficient (Wildman–Crippen LogP) is 2.47. The van der Waals surface area contributed by atoms with Gasteiger partial charge in [0.25, 0.3) is 0 Å². The molecule has 3 nitrogen and oxygen atoms in total. The molecule has 0 saturated carbocycles. The third kappa shape index (κ3) is 5.26. The third-order valence-corrected chi connectivity index (χ3v) is 2.70. The zero-order chi connectivity index (χ0) is 13.4. The van der Waals surface area contributed by atoms with Crippen molar-refractivity contribution in [2.75, 3.05) is 0 Å². The first-order valence-electron chi connectivity index (χ1n) is 6.23. The van der Waals surface area contributed by atoms with Crippen LogP contribution in [0.3, 0.4) is 0 Å². The minimum atomic E-state index is -0.520. The third-order valence-electron chi connectivity index (χ3n) is 2.70. The maximum Gasteiger partial charge on any atom is 0.504 e. The fraction of sp³-hybridized carbons (Fsp3) is 0.769. The molecular formula is C13H23BN2O. The lowest BCUT2D eigenvalue weighted by Crippen LogP contribution is -2.50. The Hall–Kier alpha value is -0.965. The molecule has 0 aromatic rings. The molecule has 0 spiro atoms. The summed E-state index contributed by atoms with van der Waals surface area (Å²) in [5.74, 6) is 4.82. The first-order valence-corrected chi connectivity index (χ1v) is 6.23. The molecule has 0 rings (SSSR count). The summed E-state index contributed by atoms with van der Waals surface area (Å²) < 4.78 is 5.80. The number of terminal acetylenes is 1. The fourth-order valence-corrected chi connectivity index (χ4v) is 1.91. The van der Waals surface area contributed by atoms with Gasteiger partial charge in [0, 0.05) is 6.42 Å². The van der Waals surface area contributed by atoms with E-state index in [1.165, 1.54) is 0 Å². The first-order chi connectivity index (χ1) is 7.97. The summed E-state index contributed by atoms with van der Waals surface area (Å²) in [5.41, 5.74) is 0. The zero-order valence-electron chi connectivity index (χ0n) is 11.6. The van der Waals surface area contributed by atoms with E-state index in [4.69, 9.17) is 11.1 Å². The van der Waals surface area contributed by atoms with Crippen LogP contribution in [-0.4, -0.2) is 30.0 Å². The zero-order valence-corrected chi connectivity index (χ0v) is 11.6. The van der Waals surface area contributed by atoms with Gasteiger partial charge in [0.2, 0.25) is 0 Å². The van der Waals surface area contributed by atoms with Crippen molar-refractivity contribution in [3.8, 4) is 18.3 Å². The Morgan fingerprint density at radius 1 is 1.29 bits per heavy atom. The molecule has 0 radical (unpaired) electrons. The summed E-state index contributed by atoms with van der Waals surface area (Å²) in [4.78, 5) is 2.05. The molecule has 0 aliphatic carbocycles. The van der Waals surface area contributed by atoms with Crippen molar-refractivity contribution in [3.63, 3.8) is 0 Å². The van der Waals surface area contributed by atoms with Gasteiger partial charge < -0.3 is 4.65 Å². The highest BCUT2D eigenvalue weighted by molar-refractivity contribution is 6.57. The van der Waals surface area contributed by atoms with Crippen LogP contribution in [0.1, 0.15) is 47.5 Å². The van der Waals surface area contributed by atoms with E-state index in [0.29, 0.717) is 6.42 Å². The van der Waals surface area contributed by atoms with Crippen LogP contribution in [0.5, 0.6) is 0 Å². The average molecular weight is 234 g/mol. The van der Waals surface area contributed by atoms with Crippen LogP contribution < -0.4 is 0 Å². The van der Waals surface area contributed by atoms with E-state index in [9.17, 15) is 5.26 Å². The van der Waals surface area contributed by atoms with Gasteiger partial charge in [0.05, 0.1) is 12.1 Å². The van der Waals surface area contributed by atoms with Crippen LogP contribution in [0, 0.1) is 23.6 Å². The number of nitriles is 1. The SMILES string of the molecule is C#CCC(CC)OB(C#N)N(C(C)C)C(C)C. The van der Waals surface area contributed by atoms with E-state index in [1.54, 1.807) is 0 Å². The second kappa shape index (κ2) is 8.17. The van der Waals surface area contributed by atoms with Gasteiger partial charge in [-0.1, -0.05) is 34.6 Å². The van der Waals surface area contributed by atoms with Crippen molar-refractivity contribution in [1.82, 2.24) is 4.81 Å². The monoisotopic (exact) mass is 234 g/mol. The smallest absolute Gasteiger partial charge is 0.406 e. The average Bonchev–Trinajstić information content (AvgIpc) is 2.25. The number of hydrogen-bond donors (Lipinski definition) is 0. The molecule has 0 aliphatic rings.